The van der Waals surface area contributed by atoms with Crippen molar-refractivity contribution in [1.82, 2.24) is 10.6 Å². The fourth-order valence-corrected chi connectivity index (χ4v) is 3.01. The average Bonchev–Trinajstić information content (AvgIpc) is 3.25. The van der Waals surface area contributed by atoms with Crippen molar-refractivity contribution >= 4 is 41.3 Å². The summed E-state index contributed by atoms with van der Waals surface area (Å²) in [6, 6.07) is 4.30. The topological polar surface area (TPSA) is 65.9 Å². The van der Waals surface area contributed by atoms with Gasteiger partial charge in [-0.05, 0) is 44.2 Å². The minimum absolute atomic E-state index is 0. The predicted molar refractivity (Wildman–Crippen MR) is 111 cm³/mol. The number of thiophene rings is 1. The molecule has 0 spiro atoms. The Morgan fingerprint density at radius 1 is 1.33 bits per heavy atom. The summed E-state index contributed by atoms with van der Waals surface area (Å²) >= 11 is 1.80. The van der Waals surface area contributed by atoms with E-state index in [1.54, 1.807) is 11.3 Å². The molecule has 0 saturated heterocycles. The molecule has 1 unspecified atom stereocenters. The second-order valence-electron chi connectivity index (χ2n) is 5.93. The van der Waals surface area contributed by atoms with Gasteiger partial charge in [0.2, 0.25) is 0 Å². The van der Waals surface area contributed by atoms with E-state index >= 15 is 0 Å². The SMILES string of the molecule is CCNC(=NCc1ccc(CC)s1)NCC(O)COCC1CC1.I. The van der Waals surface area contributed by atoms with Gasteiger partial charge in [-0.3, -0.25) is 0 Å². The van der Waals surface area contributed by atoms with Crippen LogP contribution in [0.3, 0.4) is 0 Å². The van der Waals surface area contributed by atoms with Crippen LogP contribution in [0.2, 0.25) is 0 Å². The van der Waals surface area contributed by atoms with Crippen molar-refractivity contribution in [3.63, 3.8) is 0 Å². The number of aliphatic imine (C=N–C) groups is 1. The van der Waals surface area contributed by atoms with E-state index in [1.165, 1.54) is 22.6 Å². The Hall–Kier alpha value is -0.380. The van der Waals surface area contributed by atoms with Crippen LogP contribution < -0.4 is 10.6 Å². The zero-order chi connectivity index (χ0) is 16.5. The van der Waals surface area contributed by atoms with E-state index in [0.717, 1.165) is 31.4 Å². The first-order valence-electron chi connectivity index (χ1n) is 8.56. The smallest absolute Gasteiger partial charge is 0.191 e. The number of nitrogens with one attached hydrogen (secondary N) is 2. The summed E-state index contributed by atoms with van der Waals surface area (Å²) < 4.78 is 5.51. The van der Waals surface area contributed by atoms with E-state index in [9.17, 15) is 5.11 Å². The lowest BCUT2D eigenvalue weighted by Crippen LogP contribution is -2.42. The number of aliphatic hydroxyl groups is 1. The van der Waals surface area contributed by atoms with Crippen molar-refractivity contribution in [2.75, 3.05) is 26.3 Å². The van der Waals surface area contributed by atoms with Crippen molar-refractivity contribution in [2.24, 2.45) is 10.9 Å². The molecule has 7 heteroatoms. The quantitative estimate of drug-likeness (QED) is 0.281. The number of hydrogen-bond acceptors (Lipinski definition) is 4. The first-order chi connectivity index (χ1) is 11.2. The van der Waals surface area contributed by atoms with E-state index in [-0.39, 0.29) is 24.0 Å². The number of halogens is 1. The first kappa shape index (κ1) is 21.7. The number of aryl methyl sites for hydroxylation is 1. The Morgan fingerprint density at radius 3 is 2.71 bits per heavy atom. The standard InChI is InChI=1S/C17H29N3O2S.HI/c1-3-15-7-8-16(23-15)10-20-17(18-4-2)19-9-14(21)12-22-11-13-5-6-13;/h7-8,13-14,21H,3-6,9-12H2,1-2H3,(H2,18,19,20);1H. The molecule has 0 amide bonds. The van der Waals surface area contributed by atoms with E-state index in [2.05, 4.69) is 34.7 Å². The highest BCUT2D eigenvalue weighted by Gasteiger charge is 2.21. The normalized spacial score (nSPS) is 15.7. The van der Waals surface area contributed by atoms with Crippen LogP contribution in [0.1, 0.15) is 36.4 Å². The molecule has 1 heterocycles. The van der Waals surface area contributed by atoms with E-state index in [1.807, 2.05) is 6.92 Å². The summed E-state index contributed by atoms with van der Waals surface area (Å²) in [5.41, 5.74) is 0. The largest absolute Gasteiger partial charge is 0.389 e. The Bertz CT molecular complexity index is 492. The number of aliphatic hydroxyl groups excluding tert-OH is 1. The maximum absolute atomic E-state index is 9.95. The highest BCUT2D eigenvalue weighted by molar-refractivity contribution is 14.0. The van der Waals surface area contributed by atoms with E-state index < -0.39 is 6.10 Å². The minimum atomic E-state index is -0.508. The molecule has 24 heavy (non-hydrogen) atoms. The maximum atomic E-state index is 9.95. The van der Waals surface area contributed by atoms with Gasteiger partial charge < -0.3 is 20.5 Å². The molecule has 1 atom stereocenters. The molecular formula is C17H30IN3O2S. The summed E-state index contributed by atoms with van der Waals surface area (Å²) in [6.45, 7) is 7.27. The van der Waals surface area contributed by atoms with Gasteiger partial charge in [-0.1, -0.05) is 6.92 Å². The molecular weight excluding hydrogens is 437 g/mol. The van der Waals surface area contributed by atoms with Crippen molar-refractivity contribution in [1.29, 1.82) is 0 Å². The Morgan fingerprint density at radius 2 is 2.08 bits per heavy atom. The van der Waals surface area contributed by atoms with Crippen molar-refractivity contribution in [3.8, 4) is 0 Å². The Balaban J connectivity index is 0.00000288. The van der Waals surface area contributed by atoms with Crippen LogP contribution >= 0.6 is 35.3 Å². The second-order valence-corrected chi connectivity index (χ2v) is 7.19. The van der Waals surface area contributed by atoms with Crippen LogP contribution in [-0.2, 0) is 17.7 Å². The molecule has 0 aromatic carbocycles. The number of rotatable bonds is 10. The van der Waals surface area contributed by atoms with Gasteiger partial charge in [-0.25, -0.2) is 4.99 Å². The summed E-state index contributed by atoms with van der Waals surface area (Å²) in [7, 11) is 0. The van der Waals surface area contributed by atoms with E-state index in [4.69, 9.17) is 4.74 Å². The molecule has 0 aliphatic heterocycles. The van der Waals surface area contributed by atoms with Gasteiger partial charge in [0, 0.05) is 29.5 Å². The fourth-order valence-electron chi connectivity index (χ4n) is 2.12. The van der Waals surface area contributed by atoms with Crippen LogP contribution in [0.25, 0.3) is 0 Å². The number of guanidine groups is 1. The molecule has 0 bridgehead atoms. The number of nitrogens with zero attached hydrogens (tertiary/aromatic N) is 1. The lowest BCUT2D eigenvalue weighted by atomic mass is 10.3. The van der Waals surface area contributed by atoms with Crippen LogP contribution in [0.5, 0.6) is 0 Å². The van der Waals surface area contributed by atoms with Gasteiger partial charge in [-0.2, -0.15) is 0 Å². The van der Waals surface area contributed by atoms with Crippen molar-refractivity contribution in [3.05, 3.63) is 21.9 Å². The molecule has 2 rings (SSSR count). The Kier molecular flexibility index (Phi) is 10.9. The second kappa shape index (κ2) is 12.1. The van der Waals surface area contributed by atoms with Gasteiger partial charge in [0.1, 0.15) is 0 Å². The van der Waals surface area contributed by atoms with Crippen LogP contribution in [0.15, 0.2) is 17.1 Å². The summed E-state index contributed by atoms with van der Waals surface area (Å²) in [5, 5.41) is 16.3. The molecule has 138 valence electrons. The zero-order valence-electron chi connectivity index (χ0n) is 14.6. The summed E-state index contributed by atoms with van der Waals surface area (Å²) in [5.74, 6) is 1.47. The third-order valence-corrected chi connectivity index (χ3v) is 4.88. The molecule has 0 radical (unpaired) electrons. The molecule has 3 N–H and O–H groups in total. The molecule has 1 aliphatic carbocycles. The van der Waals surface area contributed by atoms with Gasteiger partial charge in [0.15, 0.2) is 5.96 Å². The van der Waals surface area contributed by atoms with Gasteiger partial charge in [-0.15, -0.1) is 35.3 Å². The predicted octanol–water partition coefficient (Wildman–Crippen LogP) is 2.77. The monoisotopic (exact) mass is 467 g/mol. The van der Waals surface area contributed by atoms with Crippen LogP contribution in [-0.4, -0.2) is 43.5 Å². The first-order valence-corrected chi connectivity index (χ1v) is 9.38. The molecule has 5 nitrogen and oxygen atoms in total. The van der Waals surface area contributed by atoms with Gasteiger partial charge >= 0.3 is 0 Å². The highest BCUT2D eigenvalue weighted by Crippen LogP contribution is 2.28. The van der Waals surface area contributed by atoms with Crippen LogP contribution in [0, 0.1) is 5.92 Å². The zero-order valence-corrected chi connectivity index (χ0v) is 17.7. The van der Waals surface area contributed by atoms with Gasteiger partial charge in [0.05, 0.1) is 19.3 Å². The fraction of sp³-hybridized carbons (Fsp3) is 0.706. The third kappa shape index (κ3) is 8.64. The number of ether oxygens (including phenoxy) is 1. The lowest BCUT2D eigenvalue weighted by molar-refractivity contribution is 0.0345. The van der Waals surface area contributed by atoms with Gasteiger partial charge in [0.25, 0.3) is 0 Å². The molecule has 1 fully saturated rings. The maximum Gasteiger partial charge on any atom is 0.191 e. The number of hydrogen-bond donors (Lipinski definition) is 3. The van der Waals surface area contributed by atoms with Crippen molar-refractivity contribution < 1.29 is 9.84 Å². The van der Waals surface area contributed by atoms with Crippen molar-refractivity contribution in [2.45, 2.75) is 45.8 Å². The summed E-state index contributed by atoms with van der Waals surface area (Å²) in [6.07, 6.45) is 3.10. The van der Waals surface area contributed by atoms with E-state index in [0.29, 0.717) is 19.7 Å². The molecule has 1 saturated carbocycles. The molecule has 1 aliphatic rings. The molecule has 1 aromatic rings. The minimum Gasteiger partial charge on any atom is -0.389 e. The highest BCUT2D eigenvalue weighted by atomic mass is 127. The van der Waals surface area contributed by atoms with Crippen LogP contribution in [0.4, 0.5) is 0 Å². The average molecular weight is 467 g/mol. The summed E-state index contributed by atoms with van der Waals surface area (Å²) in [4.78, 5) is 7.22. The Labute approximate surface area is 166 Å². The lowest BCUT2D eigenvalue weighted by Gasteiger charge is -2.15. The third-order valence-electron chi connectivity index (χ3n) is 3.67. The molecule has 1 aromatic heterocycles.